The summed E-state index contributed by atoms with van der Waals surface area (Å²) in [5.41, 5.74) is 5.80. The third-order valence-electron chi connectivity index (χ3n) is 1.89. The largest absolute Gasteiger partial charge is 0.481 e. The van der Waals surface area contributed by atoms with Gasteiger partial charge in [0.25, 0.3) is 0 Å². The molecular weight excluding hydrogens is 302 g/mol. The van der Waals surface area contributed by atoms with E-state index in [9.17, 15) is 4.79 Å². The summed E-state index contributed by atoms with van der Waals surface area (Å²) in [7, 11) is 0. The summed E-state index contributed by atoms with van der Waals surface area (Å²) in [6.45, 7) is 0. The van der Waals surface area contributed by atoms with E-state index in [1.165, 1.54) is 11.3 Å². The second-order valence-corrected chi connectivity index (χ2v) is 5.82. The summed E-state index contributed by atoms with van der Waals surface area (Å²) in [6, 6.07) is 1.80. The van der Waals surface area contributed by atoms with Crippen molar-refractivity contribution in [1.82, 2.24) is 0 Å². The average molecular weight is 313 g/mol. The molecular formula is C9H11BrClNO2S. The first-order valence-electron chi connectivity index (χ1n) is 4.40. The predicted molar refractivity (Wildman–Crippen MR) is 65.6 cm³/mol. The molecule has 0 saturated carbocycles. The van der Waals surface area contributed by atoms with E-state index in [1.54, 1.807) is 0 Å². The van der Waals surface area contributed by atoms with Crippen LogP contribution in [0.1, 0.15) is 17.7 Å². The minimum atomic E-state index is -0.809. The summed E-state index contributed by atoms with van der Waals surface area (Å²) in [6.07, 6.45) is 1.27. The fourth-order valence-corrected chi connectivity index (χ4v) is 3.04. The van der Waals surface area contributed by atoms with Crippen LogP contribution in [0.5, 0.6) is 0 Å². The normalized spacial score (nSPS) is 12.7. The molecule has 1 rings (SSSR count). The van der Waals surface area contributed by atoms with Crippen molar-refractivity contribution in [3.8, 4) is 0 Å². The van der Waals surface area contributed by atoms with Gasteiger partial charge in [-0.3, -0.25) is 4.79 Å². The SMILES string of the molecule is NC(CCC(=O)O)Cc1cc(Br)c(Cl)s1. The molecule has 3 N–H and O–H groups in total. The van der Waals surface area contributed by atoms with Gasteiger partial charge in [0.05, 0.1) is 0 Å². The second-order valence-electron chi connectivity index (χ2n) is 3.23. The lowest BCUT2D eigenvalue weighted by molar-refractivity contribution is -0.137. The Morgan fingerprint density at radius 3 is 2.87 bits per heavy atom. The first-order valence-corrected chi connectivity index (χ1v) is 6.39. The van der Waals surface area contributed by atoms with E-state index in [0.717, 1.165) is 9.35 Å². The minimum Gasteiger partial charge on any atom is -0.481 e. The van der Waals surface area contributed by atoms with Gasteiger partial charge in [-0.05, 0) is 34.8 Å². The van der Waals surface area contributed by atoms with Crippen LogP contribution < -0.4 is 5.73 Å². The smallest absolute Gasteiger partial charge is 0.303 e. The van der Waals surface area contributed by atoms with E-state index in [1.807, 2.05) is 6.07 Å². The van der Waals surface area contributed by atoms with Gasteiger partial charge in [-0.2, -0.15) is 0 Å². The summed E-state index contributed by atoms with van der Waals surface area (Å²) in [5.74, 6) is -0.809. The highest BCUT2D eigenvalue weighted by molar-refractivity contribution is 9.10. The first-order chi connectivity index (χ1) is 6.99. The van der Waals surface area contributed by atoms with Crippen molar-refractivity contribution in [2.75, 3.05) is 0 Å². The molecule has 0 fully saturated rings. The van der Waals surface area contributed by atoms with Gasteiger partial charge in [-0.15, -0.1) is 11.3 Å². The molecule has 84 valence electrons. The first kappa shape index (κ1) is 13.0. The van der Waals surface area contributed by atoms with Gasteiger partial charge in [0.2, 0.25) is 0 Å². The number of nitrogens with two attached hydrogens (primary N) is 1. The predicted octanol–water partition coefficient (Wildman–Crippen LogP) is 2.90. The Bertz CT molecular complexity index is 336. The lowest BCUT2D eigenvalue weighted by Crippen LogP contribution is -2.23. The maximum Gasteiger partial charge on any atom is 0.303 e. The molecule has 3 nitrogen and oxygen atoms in total. The molecule has 1 unspecified atom stereocenters. The van der Waals surface area contributed by atoms with Crippen LogP contribution in [-0.4, -0.2) is 17.1 Å². The average Bonchev–Trinajstić information content (AvgIpc) is 2.42. The van der Waals surface area contributed by atoms with E-state index in [4.69, 9.17) is 22.4 Å². The zero-order chi connectivity index (χ0) is 11.4. The van der Waals surface area contributed by atoms with E-state index in [-0.39, 0.29) is 12.5 Å². The Balaban J connectivity index is 2.44. The molecule has 0 radical (unpaired) electrons. The third-order valence-corrected chi connectivity index (χ3v) is 4.39. The molecule has 1 aromatic rings. The Morgan fingerprint density at radius 1 is 1.73 bits per heavy atom. The van der Waals surface area contributed by atoms with Crippen molar-refractivity contribution in [3.63, 3.8) is 0 Å². The molecule has 0 saturated heterocycles. The van der Waals surface area contributed by atoms with E-state index in [0.29, 0.717) is 17.2 Å². The Hall–Kier alpha value is -0.100. The van der Waals surface area contributed by atoms with E-state index >= 15 is 0 Å². The number of hydrogen-bond donors (Lipinski definition) is 2. The zero-order valence-corrected chi connectivity index (χ0v) is 11.0. The van der Waals surface area contributed by atoms with Crippen molar-refractivity contribution in [2.45, 2.75) is 25.3 Å². The topological polar surface area (TPSA) is 63.3 Å². The Labute approximate surface area is 105 Å². The summed E-state index contributed by atoms with van der Waals surface area (Å²) in [4.78, 5) is 11.4. The molecule has 15 heavy (non-hydrogen) atoms. The molecule has 0 spiro atoms. The van der Waals surface area contributed by atoms with Gasteiger partial charge in [0.1, 0.15) is 4.34 Å². The van der Waals surface area contributed by atoms with Gasteiger partial charge in [0.15, 0.2) is 0 Å². The fraction of sp³-hybridized carbons (Fsp3) is 0.444. The lowest BCUT2D eigenvalue weighted by atomic mass is 10.1. The van der Waals surface area contributed by atoms with Crippen molar-refractivity contribution in [3.05, 3.63) is 19.8 Å². The number of carboxylic acid groups (broad SMARTS) is 1. The highest BCUT2D eigenvalue weighted by atomic mass is 79.9. The molecule has 1 aromatic heterocycles. The molecule has 1 heterocycles. The second kappa shape index (κ2) is 5.84. The number of thiophene rings is 1. The zero-order valence-electron chi connectivity index (χ0n) is 7.87. The van der Waals surface area contributed by atoms with Crippen LogP contribution in [0, 0.1) is 0 Å². The molecule has 0 aliphatic heterocycles. The summed E-state index contributed by atoms with van der Waals surface area (Å²) >= 11 is 10.7. The van der Waals surface area contributed by atoms with Crippen molar-refractivity contribution >= 4 is 44.8 Å². The lowest BCUT2D eigenvalue weighted by Gasteiger charge is -2.07. The number of halogens is 2. The maximum atomic E-state index is 10.3. The quantitative estimate of drug-likeness (QED) is 0.878. The van der Waals surface area contributed by atoms with E-state index < -0.39 is 5.97 Å². The van der Waals surface area contributed by atoms with Crippen LogP contribution in [0.4, 0.5) is 0 Å². The van der Waals surface area contributed by atoms with Crippen LogP contribution in [0.25, 0.3) is 0 Å². The number of aliphatic carboxylic acids is 1. The van der Waals surface area contributed by atoms with Gasteiger partial charge in [0, 0.05) is 21.8 Å². The highest BCUT2D eigenvalue weighted by Gasteiger charge is 2.10. The fourth-order valence-electron chi connectivity index (χ4n) is 1.16. The molecule has 0 bridgehead atoms. The van der Waals surface area contributed by atoms with Crippen LogP contribution in [0.2, 0.25) is 4.34 Å². The molecule has 6 heteroatoms. The van der Waals surface area contributed by atoms with Crippen LogP contribution >= 0.6 is 38.9 Å². The molecule has 0 aromatic carbocycles. The number of rotatable bonds is 5. The van der Waals surface area contributed by atoms with Gasteiger partial charge >= 0.3 is 5.97 Å². The summed E-state index contributed by atoms with van der Waals surface area (Å²) < 4.78 is 1.57. The monoisotopic (exact) mass is 311 g/mol. The van der Waals surface area contributed by atoms with Crippen LogP contribution in [0.3, 0.4) is 0 Å². The van der Waals surface area contributed by atoms with Crippen molar-refractivity contribution in [2.24, 2.45) is 5.73 Å². The maximum absolute atomic E-state index is 10.3. The van der Waals surface area contributed by atoms with Gasteiger partial charge in [-0.25, -0.2) is 0 Å². The molecule has 0 amide bonds. The van der Waals surface area contributed by atoms with E-state index in [2.05, 4.69) is 15.9 Å². The standard InChI is InChI=1S/C9H11BrClNO2S/c10-7-4-6(15-9(7)11)3-5(12)1-2-8(13)14/h4-5H,1-3,12H2,(H,13,14). The van der Waals surface area contributed by atoms with Crippen LogP contribution in [-0.2, 0) is 11.2 Å². The Kier molecular flexibility index (Phi) is 5.05. The Morgan fingerprint density at radius 2 is 2.40 bits per heavy atom. The van der Waals surface area contributed by atoms with Crippen molar-refractivity contribution < 1.29 is 9.90 Å². The molecule has 1 atom stereocenters. The third kappa shape index (κ3) is 4.51. The number of hydrogen-bond acceptors (Lipinski definition) is 3. The minimum absolute atomic E-state index is 0.113. The number of carbonyl (C=O) groups is 1. The van der Waals surface area contributed by atoms with Gasteiger partial charge in [-0.1, -0.05) is 11.6 Å². The van der Waals surface area contributed by atoms with Gasteiger partial charge < -0.3 is 10.8 Å². The highest BCUT2D eigenvalue weighted by Crippen LogP contribution is 2.32. The van der Waals surface area contributed by atoms with Crippen LogP contribution in [0.15, 0.2) is 10.5 Å². The summed E-state index contributed by atoms with van der Waals surface area (Å²) in [5, 5.41) is 8.50. The van der Waals surface area contributed by atoms with Crippen molar-refractivity contribution in [1.29, 1.82) is 0 Å². The molecule has 0 aliphatic carbocycles. The molecule has 0 aliphatic rings. The number of carboxylic acids is 1.